The second kappa shape index (κ2) is 14.6. The fourth-order valence-corrected chi connectivity index (χ4v) is 6.48. The molecule has 3 aromatic carbocycles. The van der Waals surface area contributed by atoms with Crippen molar-refractivity contribution in [2.45, 2.75) is 57.1 Å². The monoisotopic (exact) mass is 657 g/mol. The van der Waals surface area contributed by atoms with Gasteiger partial charge in [-0.15, -0.1) is 0 Å². The van der Waals surface area contributed by atoms with Crippen molar-refractivity contribution in [1.82, 2.24) is 10.2 Å². The van der Waals surface area contributed by atoms with E-state index in [1.807, 2.05) is 13.8 Å². The maximum Gasteiger partial charge on any atom is 0.264 e. The van der Waals surface area contributed by atoms with Crippen molar-refractivity contribution < 1.29 is 18.0 Å². The Labute approximate surface area is 261 Å². The Kier molecular flexibility index (Phi) is 11.8. The van der Waals surface area contributed by atoms with Gasteiger partial charge in [0.2, 0.25) is 11.8 Å². The standard InChI is InChI=1S/C29H31Cl4N3O4S/c1-4-19(3)34-29(38)25(5-2)35(17-20-14-15-21(30)16-24(20)32)27(37)18-36(26-13-9-12-23(31)28(26)33)41(39,40)22-10-7-6-8-11-22/h6-16,19,25H,4-5,17-18H2,1-3H3,(H,34,38)/t19-,25+/m0/s1. The molecule has 0 fully saturated rings. The molecule has 3 rings (SSSR count). The third-order valence-electron chi connectivity index (χ3n) is 6.55. The zero-order valence-corrected chi connectivity index (χ0v) is 26.6. The minimum atomic E-state index is -4.29. The smallest absolute Gasteiger partial charge is 0.264 e. The molecule has 0 aliphatic rings. The summed E-state index contributed by atoms with van der Waals surface area (Å²) in [6, 6.07) is 16.0. The van der Waals surface area contributed by atoms with Crippen molar-refractivity contribution in [3.63, 3.8) is 0 Å². The third kappa shape index (κ3) is 8.08. The summed E-state index contributed by atoms with van der Waals surface area (Å²) in [4.78, 5) is 28.8. The normalized spacial score (nSPS) is 12.9. The zero-order valence-electron chi connectivity index (χ0n) is 22.8. The predicted octanol–water partition coefficient (Wildman–Crippen LogP) is 7.22. The van der Waals surface area contributed by atoms with Crippen LogP contribution in [0.5, 0.6) is 0 Å². The molecule has 7 nitrogen and oxygen atoms in total. The van der Waals surface area contributed by atoms with E-state index in [9.17, 15) is 18.0 Å². The summed E-state index contributed by atoms with van der Waals surface area (Å²) in [6.45, 7) is 4.85. The predicted molar refractivity (Wildman–Crippen MR) is 166 cm³/mol. The number of halogens is 4. The molecule has 0 unspecified atom stereocenters. The molecule has 0 radical (unpaired) electrons. The van der Waals surface area contributed by atoms with Crippen LogP contribution in [0.1, 0.15) is 39.2 Å². The van der Waals surface area contributed by atoms with Crippen molar-refractivity contribution in [2.24, 2.45) is 0 Å². The summed E-state index contributed by atoms with van der Waals surface area (Å²) in [6.07, 6.45) is 0.956. The van der Waals surface area contributed by atoms with Crippen LogP contribution >= 0.6 is 46.4 Å². The van der Waals surface area contributed by atoms with E-state index in [0.29, 0.717) is 22.0 Å². The number of amides is 2. The number of rotatable bonds is 12. The van der Waals surface area contributed by atoms with Gasteiger partial charge in [-0.3, -0.25) is 13.9 Å². The minimum Gasteiger partial charge on any atom is -0.352 e. The van der Waals surface area contributed by atoms with Gasteiger partial charge in [0.05, 0.1) is 20.6 Å². The van der Waals surface area contributed by atoms with Gasteiger partial charge in [0, 0.05) is 22.6 Å². The van der Waals surface area contributed by atoms with Gasteiger partial charge in [-0.2, -0.15) is 0 Å². The van der Waals surface area contributed by atoms with E-state index in [4.69, 9.17) is 46.4 Å². The molecule has 0 aromatic heterocycles. The van der Waals surface area contributed by atoms with Crippen molar-refractivity contribution in [3.8, 4) is 0 Å². The highest BCUT2D eigenvalue weighted by atomic mass is 35.5. The Morgan fingerprint density at radius 2 is 1.56 bits per heavy atom. The highest BCUT2D eigenvalue weighted by Crippen LogP contribution is 2.35. The van der Waals surface area contributed by atoms with Crippen LogP contribution in [-0.4, -0.2) is 43.8 Å². The number of hydrogen-bond donors (Lipinski definition) is 1. The van der Waals surface area contributed by atoms with Gasteiger partial charge in [0.1, 0.15) is 12.6 Å². The molecule has 2 amide bonds. The zero-order chi connectivity index (χ0) is 30.3. The summed E-state index contributed by atoms with van der Waals surface area (Å²) in [7, 11) is -4.29. The second-order valence-electron chi connectivity index (χ2n) is 9.40. The largest absolute Gasteiger partial charge is 0.352 e. The van der Waals surface area contributed by atoms with Crippen molar-refractivity contribution in [1.29, 1.82) is 0 Å². The molecule has 0 saturated carbocycles. The molecular weight excluding hydrogens is 628 g/mol. The second-order valence-corrected chi connectivity index (χ2v) is 12.9. The summed E-state index contributed by atoms with van der Waals surface area (Å²) >= 11 is 25.2. The lowest BCUT2D eigenvalue weighted by Crippen LogP contribution is -2.53. The average Bonchev–Trinajstić information content (AvgIpc) is 2.94. The van der Waals surface area contributed by atoms with Crippen LogP contribution in [0.4, 0.5) is 5.69 Å². The fraction of sp³-hybridized carbons (Fsp3) is 0.310. The van der Waals surface area contributed by atoms with E-state index >= 15 is 0 Å². The summed E-state index contributed by atoms with van der Waals surface area (Å²) < 4.78 is 28.7. The van der Waals surface area contributed by atoms with Crippen molar-refractivity contribution >= 4 is 73.9 Å². The van der Waals surface area contributed by atoms with Crippen LogP contribution in [0.15, 0.2) is 71.6 Å². The van der Waals surface area contributed by atoms with Gasteiger partial charge in [-0.25, -0.2) is 8.42 Å². The first-order valence-electron chi connectivity index (χ1n) is 13.0. The first-order valence-corrected chi connectivity index (χ1v) is 15.9. The van der Waals surface area contributed by atoms with E-state index in [0.717, 1.165) is 4.31 Å². The van der Waals surface area contributed by atoms with Gasteiger partial charge in [-0.05, 0) is 61.7 Å². The van der Waals surface area contributed by atoms with Gasteiger partial charge in [0.15, 0.2) is 0 Å². The fourth-order valence-electron chi connectivity index (χ4n) is 4.11. The number of carbonyl (C=O) groups is 2. The molecule has 2 atom stereocenters. The lowest BCUT2D eigenvalue weighted by atomic mass is 10.1. The molecule has 0 bridgehead atoms. The molecule has 0 heterocycles. The molecule has 3 aromatic rings. The minimum absolute atomic E-state index is 0.0259. The Morgan fingerprint density at radius 3 is 2.17 bits per heavy atom. The molecule has 0 saturated heterocycles. The van der Waals surface area contributed by atoms with Gasteiger partial charge in [-0.1, -0.05) is 90.6 Å². The van der Waals surface area contributed by atoms with E-state index < -0.39 is 28.5 Å². The van der Waals surface area contributed by atoms with Gasteiger partial charge >= 0.3 is 0 Å². The quantitative estimate of drug-likeness (QED) is 0.223. The topological polar surface area (TPSA) is 86.8 Å². The van der Waals surface area contributed by atoms with E-state index in [-0.39, 0.29) is 45.5 Å². The summed E-state index contributed by atoms with van der Waals surface area (Å²) in [5, 5.41) is 3.73. The van der Waals surface area contributed by atoms with Crippen LogP contribution in [-0.2, 0) is 26.2 Å². The number of carbonyl (C=O) groups excluding carboxylic acids is 2. The van der Waals surface area contributed by atoms with E-state index in [1.54, 1.807) is 49.4 Å². The van der Waals surface area contributed by atoms with Gasteiger partial charge < -0.3 is 10.2 Å². The first kappa shape index (κ1) is 33.0. The number of sulfonamides is 1. The van der Waals surface area contributed by atoms with Gasteiger partial charge in [0.25, 0.3) is 10.0 Å². The molecule has 220 valence electrons. The Hall–Kier alpha value is -2.49. The molecule has 0 aliphatic carbocycles. The SMILES string of the molecule is CC[C@H](C(=O)N[C@@H](C)CC)N(Cc1ccc(Cl)cc1Cl)C(=O)CN(c1cccc(Cl)c1Cl)S(=O)(=O)c1ccccc1. The first-order chi connectivity index (χ1) is 19.4. The summed E-state index contributed by atoms with van der Waals surface area (Å²) in [5.41, 5.74) is 0.565. The van der Waals surface area contributed by atoms with Crippen LogP contribution in [0, 0.1) is 0 Å². The molecule has 1 N–H and O–H groups in total. The molecule has 12 heteroatoms. The lowest BCUT2D eigenvalue weighted by Gasteiger charge is -2.34. The lowest BCUT2D eigenvalue weighted by molar-refractivity contribution is -0.140. The Morgan fingerprint density at radius 1 is 0.878 bits per heavy atom. The molecule has 0 spiro atoms. The maximum absolute atomic E-state index is 14.1. The molecule has 0 aliphatic heterocycles. The maximum atomic E-state index is 14.1. The van der Waals surface area contributed by atoms with Crippen molar-refractivity contribution in [2.75, 3.05) is 10.8 Å². The van der Waals surface area contributed by atoms with E-state index in [1.165, 1.54) is 29.2 Å². The molecule has 41 heavy (non-hydrogen) atoms. The highest BCUT2D eigenvalue weighted by Gasteiger charge is 2.35. The van der Waals surface area contributed by atoms with Crippen LogP contribution < -0.4 is 9.62 Å². The van der Waals surface area contributed by atoms with Crippen LogP contribution in [0.2, 0.25) is 20.1 Å². The highest BCUT2D eigenvalue weighted by molar-refractivity contribution is 7.92. The number of nitrogens with one attached hydrogen (secondary N) is 1. The number of nitrogens with zero attached hydrogens (tertiary/aromatic N) is 2. The number of hydrogen-bond acceptors (Lipinski definition) is 4. The Balaban J connectivity index is 2.11. The average molecular weight is 659 g/mol. The van der Waals surface area contributed by atoms with Crippen LogP contribution in [0.3, 0.4) is 0 Å². The van der Waals surface area contributed by atoms with Crippen LogP contribution in [0.25, 0.3) is 0 Å². The Bertz CT molecular complexity index is 1490. The molecular formula is C29H31Cl4N3O4S. The van der Waals surface area contributed by atoms with Crippen molar-refractivity contribution in [3.05, 3.63) is 92.4 Å². The number of benzene rings is 3. The van der Waals surface area contributed by atoms with E-state index in [2.05, 4.69) is 5.32 Å². The summed E-state index contributed by atoms with van der Waals surface area (Å²) in [5.74, 6) is -1.00. The number of anilines is 1. The third-order valence-corrected chi connectivity index (χ3v) is 9.72.